The van der Waals surface area contributed by atoms with Gasteiger partial charge in [-0.25, -0.2) is 0 Å². The zero-order valence-electron chi connectivity index (χ0n) is 6.89. The highest BCUT2D eigenvalue weighted by Crippen LogP contribution is 2.07. The average molecular weight is 158 g/mol. The summed E-state index contributed by atoms with van der Waals surface area (Å²) in [5.41, 5.74) is 9.41. The highest BCUT2D eigenvalue weighted by Gasteiger charge is 2.25. The van der Waals surface area contributed by atoms with Gasteiger partial charge in [0.05, 0.1) is 5.54 Å². The number of carbonyl (C=O) groups excluding carboxylic acids is 2. The van der Waals surface area contributed by atoms with Crippen molar-refractivity contribution >= 4 is 11.7 Å². The Hall–Kier alpha value is -0.900. The van der Waals surface area contributed by atoms with Gasteiger partial charge in [0.25, 0.3) is 0 Å². The van der Waals surface area contributed by atoms with E-state index in [9.17, 15) is 9.59 Å². The molecule has 1 amide bonds. The number of hydrogen-bond acceptors (Lipinski definition) is 3. The minimum absolute atomic E-state index is 0.0166. The Morgan fingerprint density at radius 3 is 2.18 bits per heavy atom. The summed E-state index contributed by atoms with van der Waals surface area (Å²) in [5.74, 6) is -0.554. The topological polar surface area (TPSA) is 86.2 Å². The average Bonchev–Trinajstić information content (AvgIpc) is 1.84. The van der Waals surface area contributed by atoms with E-state index >= 15 is 0 Å². The Morgan fingerprint density at radius 2 is 1.91 bits per heavy atom. The number of carbonyl (C=O) groups is 2. The van der Waals surface area contributed by atoms with E-state index in [4.69, 9.17) is 11.5 Å². The van der Waals surface area contributed by atoms with E-state index in [0.29, 0.717) is 12.8 Å². The van der Waals surface area contributed by atoms with Crippen LogP contribution in [-0.4, -0.2) is 17.2 Å². The summed E-state index contributed by atoms with van der Waals surface area (Å²) < 4.78 is 0. The number of amides is 1. The van der Waals surface area contributed by atoms with Gasteiger partial charge in [0.15, 0.2) is 0 Å². The van der Waals surface area contributed by atoms with Crippen LogP contribution in [0.1, 0.15) is 26.7 Å². The predicted molar refractivity (Wildman–Crippen MR) is 41.7 cm³/mol. The second kappa shape index (κ2) is 3.48. The van der Waals surface area contributed by atoms with E-state index in [1.165, 1.54) is 13.8 Å². The van der Waals surface area contributed by atoms with E-state index in [1.54, 1.807) is 0 Å². The van der Waals surface area contributed by atoms with E-state index < -0.39 is 11.4 Å². The first-order valence-corrected chi connectivity index (χ1v) is 3.44. The highest BCUT2D eigenvalue weighted by molar-refractivity contribution is 5.85. The first kappa shape index (κ1) is 10.1. The van der Waals surface area contributed by atoms with Crippen molar-refractivity contribution in [1.82, 2.24) is 0 Å². The van der Waals surface area contributed by atoms with Crippen LogP contribution in [0.5, 0.6) is 0 Å². The van der Waals surface area contributed by atoms with Crippen molar-refractivity contribution in [3.63, 3.8) is 0 Å². The molecule has 4 N–H and O–H groups in total. The van der Waals surface area contributed by atoms with Gasteiger partial charge in [-0.2, -0.15) is 0 Å². The Morgan fingerprint density at radius 1 is 1.45 bits per heavy atom. The molecule has 0 radical (unpaired) electrons. The number of hydrogen-bond donors (Lipinski definition) is 2. The molecule has 0 aromatic rings. The summed E-state index contributed by atoms with van der Waals surface area (Å²) >= 11 is 0. The summed E-state index contributed by atoms with van der Waals surface area (Å²) in [4.78, 5) is 21.1. The standard InChI is InChI=1S/C7H14N2O2/c1-5(10)3-4-7(2,9)6(8)11/h3-4,9H2,1-2H3,(H2,8,11). The van der Waals surface area contributed by atoms with Crippen LogP contribution in [-0.2, 0) is 9.59 Å². The Bertz CT molecular complexity index is 175. The molecule has 0 aromatic carbocycles. The summed E-state index contributed by atoms with van der Waals surface area (Å²) in [5, 5.41) is 0. The van der Waals surface area contributed by atoms with Crippen LogP contribution in [0.4, 0.5) is 0 Å². The second-order valence-electron chi connectivity index (χ2n) is 2.98. The normalized spacial score (nSPS) is 15.5. The van der Waals surface area contributed by atoms with Gasteiger partial charge < -0.3 is 16.3 Å². The summed E-state index contributed by atoms with van der Waals surface area (Å²) in [7, 11) is 0. The van der Waals surface area contributed by atoms with Gasteiger partial charge in [0.1, 0.15) is 5.78 Å². The molecular weight excluding hydrogens is 144 g/mol. The van der Waals surface area contributed by atoms with Crippen LogP contribution in [0.2, 0.25) is 0 Å². The third-order valence-electron chi connectivity index (χ3n) is 1.56. The van der Waals surface area contributed by atoms with E-state index in [1.807, 2.05) is 0 Å². The molecule has 4 nitrogen and oxygen atoms in total. The fourth-order valence-corrected chi connectivity index (χ4v) is 0.559. The molecule has 0 rings (SSSR count). The maximum Gasteiger partial charge on any atom is 0.237 e. The second-order valence-corrected chi connectivity index (χ2v) is 2.98. The van der Waals surface area contributed by atoms with Crippen molar-refractivity contribution in [2.45, 2.75) is 32.2 Å². The first-order valence-electron chi connectivity index (χ1n) is 3.44. The molecule has 1 unspecified atom stereocenters. The fourth-order valence-electron chi connectivity index (χ4n) is 0.559. The summed E-state index contributed by atoms with van der Waals surface area (Å²) in [6.07, 6.45) is 0.619. The van der Waals surface area contributed by atoms with Crippen molar-refractivity contribution in [2.75, 3.05) is 0 Å². The van der Waals surface area contributed by atoms with Crippen molar-refractivity contribution in [3.8, 4) is 0 Å². The van der Waals surface area contributed by atoms with Crippen molar-refractivity contribution < 1.29 is 9.59 Å². The minimum atomic E-state index is -1.05. The van der Waals surface area contributed by atoms with Crippen molar-refractivity contribution in [2.24, 2.45) is 11.5 Å². The molecule has 0 saturated heterocycles. The van der Waals surface area contributed by atoms with Gasteiger partial charge in [-0.15, -0.1) is 0 Å². The summed E-state index contributed by atoms with van der Waals surface area (Å²) in [6.45, 7) is 2.98. The molecule has 4 heteroatoms. The molecule has 0 bridgehead atoms. The Labute approximate surface area is 65.9 Å². The van der Waals surface area contributed by atoms with Crippen LogP contribution >= 0.6 is 0 Å². The lowest BCUT2D eigenvalue weighted by molar-refractivity contribution is -0.123. The van der Waals surface area contributed by atoms with Crippen LogP contribution in [0.15, 0.2) is 0 Å². The van der Waals surface area contributed by atoms with Gasteiger partial charge in [-0.05, 0) is 20.3 Å². The smallest absolute Gasteiger partial charge is 0.237 e. The molecule has 64 valence electrons. The monoisotopic (exact) mass is 158 g/mol. The molecule has 0 spiro atoms. The van der Waals surface area contributed by atoms with Crippen molar-refractivity contribution in [3.05, 3.63) is 0 Å². The summed E-state index contributed by atoms with van der Waals surface area (Å²) in [6, 6.07) is 0. The number of rotatable bonds is 4. The van der Waals surface area contributed by atoms with Gasteiger partial charge >= 0.3 is 0 Å². The Kier molecular flexibility index (Phi) is 3.19. The third-order valence-corrected chi connectivity index (χ3v) is 1.56. The van der Waals surface area contributed by atoms with Crippen LogP contribution in [0, 0.1) is 0 Å². The number of primary amides is 1. The lowest BCUT2D eigenvalue weighted by Crippen LogP contribution is -2.49. The van der Waals surface area contributed by atoms with E-state index in [-0.39, 0.29) is 5.78 Å². The molecule has 0 heterocycles. The Balaban J connectivity index is 3.92. The molecular formula is C7H14N2O2. The van der Waals surface area contributed by atoms with Gasteiger partial charge in [0, 0.05) is 6.42 Å². The van der Waals surface area contributed by atoms with Crippen LogP contribution < -0.4 is 11.5 Å². The number of ketones is 1. The van der Waals surface area contributed by atoms with E-state index in [0.717, 1.165) is 0 Å². The van der Waals surface area contributed by atoms with Gasteiger partial charge in [0.2, 0.25) is 5.91 Å². The zero-order valence-corrected chi connectivity index (χ0v) is 6.89. The largest absolute Gasteiger partial charge is 0.368 e. The molecule has 1 atom stereocenters. The fraction of sp³-hybridized carbons (Fsp3) is 0.714. The lowest BCUT2D eigenvalue weighted by atomic mass is 9.95. The third kappa shape index (κ3) is 3.72. The quantitative estimate of drug-likeness (QED) is 0.581. The molecule has 0 saturated carbocycles. The predicted octanol–water partition coefficient (Wildman–Crippen LogP) is -0.442. The van der Waals surface area contributed by atoms with Gasteiger partial charge in [-0.3, -0.25) is 4.79 Å². The van der Waals surface area contributed by atoms with E-state index in [2.05, 4.69) is 0 Å². The SMILES string of the molecule is CC(=O)CCC(C)(N)C(N)=O. The number of Topliss-reactive ketones (excluding diaryl/α,β-unsaturated/α-hetero) is 1. The molecule has 0 aromatic heterocycles. The lowest BCUT2D eigenvalue weighted by Gasteiger charge is -2.18. The first-order chi connectivity index (χ1) is 4.86. The van der Waals surface area contributed by atoms with Crippen LogP contribution in [0.25, 0.3) is 0 Å². The van der Waals surface area contributed by atoms with Gasteiger partial charge in [-0.1, -0.05) is 0 Å². The maximum absolute atomic E-state index is 10.6. The molecule has 0 fully saturated rings. The minimum Gasteiger partial charge on any atom is -0.368 e. The van der Waals surface area contributed by atoms with Crippen LogP contribution in [0.3, 0.4) is 0 Å². The van der Waals surface area contributed by atoms with Crippen molar-refractivity contribution in [1.29, 1.82) is 0 Å². The molecule has 11 heavy (non-hydrogen) atoms. The molecule has 0 aliphatic carbocycles. The zero-order chi connectivity index (χ0) is 9.07. The number of nitrogens with two attached hydrogens (primary N) is 2. The maximum atomic E-state index is 10.6. The molecule has 0 aliphatic heterocycles. The highest BCUT2D eigenvalue weighted by atomic mass is 16.1. The molecule has 0 aliphatic rings.